The van der Waals surface area contributed by atoms with Crippen molar-refractivity contribution < 1.29 is 19.2 Å². The molecule has 1 heterocycles. The van der Waals surface area contributed by atoms with Crippen LogP contribution in [0.25, 0.3) is 0 Å². The van der Waals surface area contributed by atoms with E-state index in [4.69, 9.17) is 4.84 Å². The van der Waals surface area contributed by atoms with E-state index in [1.807, 2.05) is 12.2 Å². The SMILES string of the molecule is COC(=O)CCCCCCCCCCCCCON1C=CCC=CC1=O. The Bertz CT molecular complexity index is 445. The lowest BCUT2D eigenvalue weighted by Gasteiger charge is -2.15. The molecule has 26 heavy (non-hydrogen) atoms. The van der Waals surface area contributed by atoms with Crippen LogP contribution in [-0.2, 0) is 19.2 Å². The number of carbonyl (C=O) groups excluding carboxylic acids is 2. The number of unbranched alkanes of at least 4 members (excludes halogenated alkanes) is 10. The third kappa shape index (κ3) is 11.9. The summed E-state index contributed by atoms with van der Waals surface area (Å²) in [5, 5.41) is 1.33. The van der Waals surface area contributed by atoms with Gasteiger partial charge in [-0.1, -0.05) is 69.9 Å². The van der Waals surface area contributed by atoms with E-state index in [0.29, 0.717) is 13.0 Å². The molecule has 0 saturated heterocycles. The lowest BCUT2D eigenvalue weighted by Crippen LogP contribution is -2.24. The minimum Gasteiger partial charge on any atom is -0.469 e. The van der Waals surface area contributed by atoms with Gasteiger partial charge in [0.1, 0.15) is 0 Å². The molecule has 0 aromatic carbocycles. The van der Waals surface area contributed by atoms with Gasteiger partial charge in [-0.05, 0) is 19.3 Å². The molecule has 1 amide bonds. The fourth-order valence-electron chi connectivity index (χ4n) is 2.88. The average molecular weight is 366 g/mol. The Morgan fingerprint density at radius 3 is 2.12 bits per heavy atom. The summed E-state index contributed by atoms with van der Waals surface area (Å²) >= 11 is 0. The first kappa shape index (κ1) is 22.4. The van der Waals surface area contributed by atoms with Gasteiger partial charge in [0.25, 0.3) is 5.91 Å². The van der Waals surface area contributed by atoms with Crippen molar-refractivity contribution in [3.05, 3.63) is 24.4 Å². The molecule has 0 radical (unpaired) electrons. The summed E-state index contributed by atoms with van der Waals surface area (Å²) in [6.07, 6.45) is 21.4. The van der Waals surface area contributed by atoms with Crippen molar-refractivity contribution >= 4 is 11.9 Å². The van der Waals surface area contributed by atoms with Crippen LogP contribution in [0.15, 0.2) is 24.4 Å². The van der Waals surface area contributed by atoms with Gasteiger partial charge in [0.2, 0.25) is 0 Å². The highest BCUT2D eigenvalue weighted by Gasteiger charge is 2.09. The second-order valence-electron chi connectivity index (χ2n) is 6.74. The highest BCUT2D eigenvalue weighted by molar-refractivity contribution is 5.87. The summed E-state index contributed by atoms with van der Waals surface area (Å²) in [5.74, 6) is -0.203. The minimum absolute atomic E-state index is 0.0956. The molecule has 1 aliphatic heterocycles. The normalized spacial score (nSPS) is 13.9. The third-order valence-corrected chi connectivity index (χ3v) is 4.47. The molecule has 0 N–H and O–H groups in total. The van der Waals surface area contributed by atoms with E-state index in [-0.39, 0.29) is 11.9 Å². The Morgan fingerprint density at radius 1 is 0.923 bits per heavy atom. The number of hydrogen-bond acceptors (Lipinski definition) is 4. The maximum absolute atomic E-state index is 11.6. The second kappa shape index (κ2) is 15.6. The first-order valence-electron chi connectivity index (χ1n) is 10.1. The van der Waals surface area contributed by atoms with Crippen LogP contribution in [-0.4, -0.2) is 30.7 Å². The fraction of sp³-hybridized carbons (Fsp3) is 0.714. The minimum atomic E-state index is -0.107. The van der Waals surface area contributed by atoms with E-state index in [1.54, 1.807) is 12.3 Å². The van der Waals surface area contributed by atoms with Crippen LogP contribution in [0.3, 0.4) is 0 Å². The van der Waals surface area contributed by atoms with Crippen molar-refractivity contribution in [3.63, 3.8) is 0 Å². The van der Waals surface area contributed by atoms with Crippen LogP contribution in [0.1, 0.15) is 83.5 Å². The van der Waals surface area contributed by atoms with Crippen LogP contribution in [0.2, 0.25) is 0 Å². The van der Waals surface area contributed by atoms with Gasteiger partial charge in [0, 0.05) is 18.7 Å². The molecule has 1 aliphatic rings. The molecule has 0 atom stereocenters. The Balaban J connectivity index is 1.80. The molecule has 0 saturated carbocycles. The van der Waals surface area contributed by atoms with Crippen LogP contribution >= 0.6 is 0 Å². The van der Waals surface area contributed by atoms with E-state index < -0.39 is 0 Å². The van der Waals surface area contributed by atoms with Gasteiger partial charge in [-0.2, -0.15) is 5.06 Å². The molecule has 0 bridgehead atoms. The molecular weight excluding hydrogens is 330 g/mol. The van der Waals surface area contributed by atoms with Gasteiger partial charge in [-0.25, -0.2) is 0 Å². The maximum atomic E-state index is 11.6. The molecule has 148 valence electrons. The zero-order valence-electron chi connectivity index (χ0n) is 16.3. The van der Waals surface area contributed by atoms with E-state index in [1.165, 1.54) is 57.1 Å². The lowest BCUT2D eigenvalue weighted by molar-refractivity contribution is -0.165. The number of ether oxygens (including phenoxy) is 1. The number of methoxy groups -OCH3 is 1. The topological polar surface area (TPSA) is 55.8 Å². The van der Waals surface area contributed by atoms with Crippen molar-refractivity contribution in [2.45, 2.75) is 83.5 Å². The van der Waals surface area contributed by atoms with E-state index in [2.05, 4.69) is 4.74 Å². The number of rotatable bonds is 15. The summed E-state index contributed by atoms with van der Waals surface area (Å²) in [6, 6.07) is 0. The van der Waals surface area contributed by atoms with Gasteiger partial charge in [0.15, 0.2) is 0 Å². The number of hydrogen-bond donors (Lipinski definition) is 0. The Morgan fingerprint density at radius 2 is 1.50 bits per heavy atom. The Labute approximate surface area is 158 Å². The first-order chi connectivity index (χ1) is 12.7. The number of amides is 1. The third-order valence-electron chi connectivity index (χ3n) is 4.47. The zero-order chi connectivity index (χ0) is 18.9. The number of esters is 1. The predicted molar refractivity (Wildman–Crippen MR) is 103 cm³/mol. The molecular formula is C21H35NO4. The van der Waals surface area contributed by atoms with Gasteiger partial charge < -0.3 is 4.74 Å². The van der Waals surface area contributed by atoms with Crippen LogP contribution in [0, 0.1) is 0 Å². The average Bonchev–Trinajstić information content (AvgIpc) is 2.86. The van der Waals surface area contributed by atoms with Gasteiger partial charge in [0.05, 0.1) is 13.7 Å². The van der Waals surface area contributed by atoms with Crippen molar-refractivity contribution in [2.24, 2.45) is 0 Å². The fourth-order valence-corrected chi connectivity index (χ4v) is 2.88. The molecule has 5 nitrogen and oxygen atoms in total. The first-order valence-corrected chi connectivity index (χ1v) is 10.1. The van der Waals surface area contributed by atoms with Crippen molar-refractivity contribution in [3.8, 4) is 0 Å². The summed E-state index contributed by atoms with van der Waals surface area (Å²) in [4.78, 5) is 28.1. The van der Waals surface area contributed by atoms with Crippen LogP contribution in [0.5, 0.6) is 0 Å². The maximum Gasteiger partial charge on any atom is 0.305 e. The summed E-state index contributed by atoms with van der Waals surface area (Å²) in [6.45, 7) is 0.593. The van der Waals surface area contributed by atoms with Gasteiger partial charge >= 0.3 is 5.97 Å². The van der Waals surface area contributed by atoms with E-state index >= 15 is 0 Å². The summed E-state index contributed by atoms with van der Waals surface area (Å²) < 4.78 is 4.63. The van der Waals surface area contributed by atoms with E-state index in [9.17, 15) is 9.59 Å². The molecule has 0 fully saturated rings. The summed E-state index contributed by atoms with van der Waals surface area (Å²) in [5.41, 5.74) is 0. The van der Waals surface area contributed by atoms with Crippen molar-refractivity contribution in [1.29, 1.82) is 0 Å². The molecule has 0 unspecified atom stereocenters. The van der Waals surface area contributed by atoms with Crippen LogP contribution < -0.4 is 0 Å². The highest BCUT2D eigenvalue weighted by Crippen LogP contribution is 2.12. The second-order valence-corrected chi connectivity index (χ2v) is 6.74. The smallest absolute Gasteiger partial charge is 0.305 e. The predicted octanol–water partition coefficient (Wildman–Crippen LogP) is 5.07. The van der Waals surface area contributed by atoms with Gasteiger partial charge in [-0.15, -0.1) is 0 Å². The quantitative estimate of drug-likeness (QED) is 0.300. The number of nitrogens with zero attached hydrogens (tertiary/aromatic N) is 1. The van der Waals surface area contributed by atoms with Crippen LogP contribution in [0.4, 0.5) is 0 Å². The molecule has 1 rings (SSSR count). The Kier molecular flexibility index (Phi) is 13.5. The number of allylic oxidation sites excluding steroid dienone is 2. The molecule has 0 aromatic heterocycles. The zero-order valence-corrected chi connectivity index (χ0v) is 16.3. The molecule has 5 heteroatoms. The van der Waals surface area contributed by atoms with Crippen molar-refractivity contribution in [1.82, 2.24) is 5.06 Å². The number of carbonyl (C=O) groups is 2. The molecule has 0 aromatic rings. The highest BCUT2D eigenvalue weighted by atomic mass is 16.7. The summed E-state index contributed by atoms with van der Waals surface area (Å²) in [7, 11) is 1.45. The molecule has 0 spiro atoms. The Hall–Kier alpha value is -1.62. The standard InChI is InChI=1S/C21H35NO4/c1-25-21(24)17-13-9-7-5-3-2-4-6-8-10-15-19-26-22-18-14-11-12-16-20(22)23/h12,14,16,18H,2-11,13,15,17,19H2,1H3. The van der Waals surface area contributed by atoms with Crippen molar-refractivity contribution in [2.75, 3.05) is 13.7 Å². The largest absolute Gasteiger partial charge is 0.469 e. The number of hydroxylamine groups is 2. The molecule has 0 aliphatic carbocycles. The monoisotopic (exact) mass is 365 g/mol. The van der Waals surface area contributed by atoms with Gasteiger partial charge in [-0.3, -0.25) is 14.4 Å². The van der Waals surface area contributed by atoms with E-state index in [0.717, 1.165) is 32.1 Å². The lowest BCUT2D eigenvalue weighted by atomic mass is 10.1.